The predicted molar refractivity (Wildman–Crippen MR) is 111 cm³/mol. The van der Waals surface area contributed by atoms with E-state index in [0.29, 0.717) is 15.8 Å². The Morgan fingerprint density at radius 1 is 1.14 bits per heavy atom. The van der Waals surface area contributed by atoms with Gasteiger partial charge in [0.1, 0.15) is 5.75 Å². The number of nitrogens with one attached hydrogen (secondary N) is 1. The standard InChI is InChI=1S/C21H20N2O4S/c1-3-14-4-8-16(9-5-14)22-21-23-20(25)18(28-21)12-15-6-10-17(11-7-15)27-13-19(24)26-2/h4-12H,3,13H2,1-2H3,(H,22,23,25)/b18-12-. The van der Waals surface area contributed by atoms with E-state index in [1.807, 2.05) is 36.4 Å². The maximum atomic E-state index is 12.2. The van der Waals surface area contributed by atoms with Crippen molar-refractivity contribution in [3.63, 3.8) is 0 Å². The molecule has 0 atom stereocenters. The minimum atomic E-state index is -0.443. The number of carbonyl (C=O) groups excluding carboxylic acids is 2. The molecule has 1 saturated heterocycles. The molecule has 6 nitrogen and oxygen atoms in total. The summed E-state index contributed by atoms with van der Waals surface area (Å²) >= 11 is 1.30. The van der Waals surface area contributed by atoms with Crippen LogP contribution in [0.25, 0.3) is 6.08 Å². The zero-order chi connectivity index (χ0) is 19.9. The first-order chi connectivity index (χ1) is 13.6. The molecule has 1 fully saturated rings. The van der Waals surface area contributed by atoms with Crippen LogP contribution >= 0.6 is 11.8 Å². The first-order valence-electron chi connectivity index (χ1n) is 8.75. The number of amidine groups is 1. The van der Waals surface area contributed by atoms with E-state index < -0.39 is 5.97 Å². The molecule has 1 aliphatic rings. The number of esters is 1. The summed E-state index contributed by atoms with van der Waals surface area (Å²) < 4.78 is 9.83. The number of carbonyl (C=O) groups is 2. The number of aryl methyl sites for hydroxylation is 1. The number of aliphatic imine (C=N–C) groups is 1. The van der Waals surface area contributed by atoms with Gasteiger partial charge in [-0.15, -0.1) is 0 Å². The van der Waals surface area contributed by atoms with Crippen molar-refractivity contribution in [3.8, 4) is 5.75 Å². The summed E-state index contributed by atoms with van der Waals surface area (Å²) in [5, 5.41) is 3.34. The van der Waals surface area contributed by atoms with Crippen LogP contribution in [0, 0.1) is 0 Å². The lowest BCUT2D eigenvalue weighted by molar-refractivity contribution is -0.142. The van der Waals surface area contributed by atoms with Gasteiger partial charge in [0, 0.05) is 0 Å². The van der Waals surface area contributed by atoms with Gasteiger partial charge < -0.3 is 14.8 Å². The second-order valence-electron chi connectivity index (χ2n) is 5.94. The van der Waals surface area contributed by atoms with Crippen molar-refractivity contribution in [2.75, 3.05) is 13.7 Å². The second-order valence-corrected chi connectivity index (χ2v) is 6.97. The van der Waals surface area contributed by atoms with Crippen LogP contribution in [-0.2, 0) is 20.7 Å². The highest BCUT2D eigenvalue weighted by Crippen LogP contribution is 2.28. The molecule has 2 aromatic rings. The molecule has 3 rings (SSSR count). The van der Waals surface area contributed by atoms with E-state index >= 15 is 0 Å². The molecule has 0 radical (unpaired) electrons. The van der Waals surface area contributed by atoms with Gasteiger partial charge in [0.05, 0.1) is 17.7 Å². The average Bonchev–Trinajstić information content (AvgIpc) is 3.06. The van der Waals surface area contributed by atoms with Gasteiger partial charge in [0.25, 0.3) is 5.91 Å². The highest BCUT2D eigenvalue weighted by atomic mass is 32.2. The SMILES string of the molecule is CCc1ccc(N=C2NC(=O)/C(=C/c3ccc(OCC(=O)OC)cc3)S2)cc1. The minimum absolute atomic E-state index is 0.145. The fourth-order valence-electron chi connectivity index (χ4n) is 2.42. The molecule has 1 aliphatic heterocycles. The summed E-state index contributed by atoms with van der Waals surface area (Å²) in [5.74, 6) is -0.0739. The molecule has 0 spiro atoms. The van der Waals surface area contributed by atoms with Crippen LogP contribution in [-0.4, -0.2) is 30.8 Å². The summed E-state index contributed by atoms with van der Waals surface area (Å²) in [6.45, 7) is 1.96. The Hall–Kier alpha value is -3.06. The van der Waals surface area contributed by atoms with Gasteiger partial charge in [0.2, 0.25) is 0 Å². The van der Waals surface area contributed by atoms with Crippen LogP contribution in [0.5, 0.6) is 5.75 Å². The van der Waals surface area contributed by atoms with Gasteiger partial charge in [-0.05, 0) is 59.7 Å². The number of hydrogen-bond donors (Lipinski definition) is 1. The van der Waals surface area contributed by atoms with Crippen molar-refractivity contribution >= 4 is 40.6 Å². The Bertz CT molecular complexity index is 918. The Balaban J connectivity index is 1.66. The maximum absolute atomic E-state index is 12.2. The molecule has 0 saturated carbocycles. The number of methoxy groups -OCH3 is 1. The van der Waals surface area contributed by atoms with Crippen LogP contribution in [0.3, 0.4) is 0 Å². The normalized spacial score (nSPS) is 16.3. The quantitative estimate of drug-likeness (QED) is 0.595. The monoisotopic (exact) mass is 396 g/mol. The second kappa shape index (κ2) is 9.23. The molecule has 0 aliphatic carbocycles. The van der Waals surface area contributed by atoms with Gasteiger partial charge in [-0.3, -0.25) is 4.79 Å². The highest BCUT2D eigenvalue weighted by molar-refractivity contribution is 8.18. The number of rotatable bonds is 6. The first kappa shape index (κ1) is 19.7. The van der Waals surface area contributed by atoms with Crippen molar-refractivity contribution in [3.05, 3.63) is 64.6 Å². The van der Waals surface area contributed by atoms with E-state index in [2.05, 4.69) is 22.0 Å². The molecular weight excluding hydrogens is 376 g/mol. The molecule has 1 amide bonds. The summed E-state index contributed by atoms with van der Waals surface area (Å²) in [4.78, 5) is 28.3. The Morgan fingerprint density at radius 2 is 1.86 bits per heavy atom. The topological polar surface area (TPSA) is 77.0 Å². The van der Waals surface area contributed by atoms with Crippen molar-refractivity contribution < 1.29 is 19.1 Å². The Kier molecular flexibility index (Phi) is 6.49. The lowest BCUT2D eigenvalue weighted by Crippen LogP contribution is -2.19. The van der Waals surface area contributed by atoms with E-state index in [-0.39, 0.29) is 12.5 Å². The third-order valence-corrected chi connectivity index (χ3v) is 4.90. The van der Waals surface area contributed by atoms with Gasteiger partial charge in [0.15, 0.2) is 11.8 Å². The summed E-state index contributed by atoms with van der Waals surface area (Å²) in [6.07, 6.45) is 2.76. The van der Waals surface area contributed by atoms with E-state index in [1.54, 1.807) is 18.2 Å². The first-order valence-corrected chi connectivity index (χ1v) is 9.57. The molecule has 0 bridgehead atoms. The Labute approximate surface area is 167 Å². The largest absolute Gasteiger partial charge is 0.482 e. The number of amides is 1. The zero-order valence-corrected chi connectivity index (χ0v) is 16.4. The predicted octanol–water partition coefficient (Wildman–Crippen LogP) is 3.69. The lowest BCUT2D eigenvalue weighted by atomic mass is 10.2. The molecule has 1 N–H and O–H groups in total. The van der Waals surface area contributed by atoms with Gasteiger partial charge >= 0.3 is 5.97 Å². The van der Waals surface area contributed by atoms with Gasteiger partial charge in [-0.1, -0.05) is 31.2 Å². The van der Waals surface area contributed by atoms with Gasteiger partial charge in [-0.2, -0.15) is 0 Å². The fourth-order valence-corrected chi connectivity index (χ4v) is 3.26. The molecule has 2 aromatic carbocycles. The smallest absolute Gasteiger partial charge is 0.343 e. The molecule has 0 unspecified atom stereocenters. The van der Waals surface area contributed by atoms with E-state index in [0.717, 1.165) is 17.7 Å². The Morgan fingerprint density at radius 3 is 2.50 bits per heavy atom. The minimum Gasteiger partial charge on any atom is -0.482 e. The van der Waals surface area contributed by atoms with E-state index in [4.69, 9.17) is 4.74 Å². The van der Waals surface area contributed by atoms with Crippen molar-refractivity contribution in [2.45, 2.75) is 13.3 Å². The molecule has 0 aromatic heterocycles. The van der Waals surface area contributed by atoms with Gasteiger partial charge in [-0.25, -0.2) is 9.79 Å². The average molecular weight is 396 g/mol. The van der Waals surface area contributed by atoms with Crippen LogP contribution in [0.2, 0.25) is 0 Å². The van der Waals surface area contributed by atoms with Crippen molar-refractivity contribution in [2.24, 2.45) is 4.99 Å². The number of nitrogens with zero attached hydrogens (tertiary/aromatic N) is 1. The van der Waals surface area contributed by atoms with E-state index in [1.165, 1.54) is 24.4 Å². The van der Waals surface area contributed by atoms with Crippen LogP contribution in [0.4, 0.5) is 5.69 Å². The molecular formula is C21H20N2O4S. The summed E-state index contributed by atoms with van der Waals surface area (Å²) in [6, 6.07) is 15.0. The fraction of sp³-hybridized carbons (Fsp3) is 0.190. The number of thioether (sulfide) groups is 1. The van der Waals surface area contributed by atoms with Crippen molar-refractivity contribution in [1.29, 1.82) is 0 Å². The number of hydrogen-bond acceptors (Lipinski definition) is 6. The number of benzene rings is 2. The summed E-state index contributed by atoms with van der Waals surface area (Å²) in [7, 11) is 1.31. The number of ether oxygens (including phenoxy) is 2. The molecule has 144 valence electrons. The van der Waals surface area contributed by atoms with E-state index in [9.17, 15) is 9.59 Å². The lowest BCUT2D eigenvalue weighted by Gasteiger charge is -2.04. The van der Waals surface area contributed by atoms with Crippen LogP contribution in [0.1, 0.15) is 18.1 Å². The summed E-state index contributed by atoms with van der Waals surface area (Å²) in [5.41, 5.74) is 2.89. The third kappa shape index (κ3) is 5.23. The highest BCUT2D eigenvalue weighted by Gasteiger charge is 2.23. The van der Waals surface area contributed by atoms with Crippen LogP contribution in [0.15, 0.2) is 58.4 Å². The van der Waals surface area contributed by atoms with Crippen LogP contribution < -0.4 is 10.1 Å². The third-order valence-electron chi connectivity index (χ3n) is 3.99. The molecule has 28 heavy (non-hydrogen) atoms. The van der Waals surface area contributed by atoms with Crippen molar-refractivity contribution in [1.82, 2.24) is 5.32 Å². The zero-order valence-electron chi connectivity index (χ0n) is 15.6. The molecule has 7 heteroatoms. The molecule has 1 heterocycles. The maximum Gasteiger partial charge on any atom is 0.343 e.